The Labute approximate surface area is 176 Å². The summed E-state index contributed by atoms with van der Waals surface area (Å²) >= 11 is 0. The van der Waals surface area contributed by atoms with E-state index in [1.165, 1.54) is 23.5 Å². The van der Waals surface area contributed by atoms with Gasteiger partial charge in [0.2, 0.25) is 0 Å². The van der Waals surface area contributed by atoms with Crippen LogP contribution in [-0.2, 0) is 4.79 Å². The van der Waals surface area contributed by atoms with Crippen LogP contribution >= 0.6 is 0 Å². The number of hydroxylamine groups is 2. The summed E-state index contributed by atoms with van der Waals surface area (Å²) in [6.45, 7) is 8.59. The minimum absolute atomic E-state index is 0.0555. The highest BCUT2D eigenvalue weighted by Crippen LogP contribution is 2.47. The number of rotatable bonds is 5. The fourth-order valence-corrected chi connectivity index (χ4v) is 5.42. The van der Waals surface area contributed by atoms with Crippen molar-refractivity contribution in [3.8, 4) is 0 Å². The van der Waals surface area contributed by atoms with Crippen LogP contribution in [0.4, 0.5) is 0 Å². The van der Waals surface area contributed by atoms with Crippen LogP contribution in [0.5, 0.6) is 0 Å². The van der Waals surface area contributed by atoms with Gasteiger partial charge in [0.25, 0.3) is 5.91 Å². The summed E-state index contributed by atoms with van der Waals surface area (Å²) in [5.41, 5.74) is 6.34. The number of hydrogen-bond donors (Lipinski definition) is 3. The standard InChI is InChI=1S/C24H39N3O2/c1-17(18-10-6-5-7-11-18)14-15-21-20-13-9-8-12-19(20)16-27(29)24(21,25)22(28)26-23(2,3)4/h5-7,10-11,17,19-21,29H,8-9,12-16,25H2,1-4H3,(H,26,28)/t17?,19-,20+,21?,24+/m1/s1. The van der Waals surface area contributed by atoms with Gasteiger partial charge in [-0.2, -0.15) is 5.06 Å². The Morgan fingerprint density at radius 1 is 1.28 bits per heavy atom. The lowest BCUT2D eigenvalue weighted by Gasteiger charge is -2.54. The van der Waals surface area contributed by atoms with Crippen molar-refractivity contribution >= 4 is 5.91 Å². The molecule has 2 aliphatic rings. The van der Waals surface area contributed by atoms with Gasteiger partial charge in [0.05, 0.1) is 0 Å². The second kappa shape index (κ2) is 8.75. The third kappa shape index (κ3) is 4.84. The number of amides is 1. The zero-order valence-electron chi connectivity index (χ0n) is 18.5. The van der Waals surface area contributed by atoms with Crippen LogP contribution in [0.1, 0.15) is 77.7 Å². The molecule has 29 heavy (non-hydrogen) atoms. The van der Waals surface area contributed by atoms with Gasteiger partial charge in [0.1, 0.15) is 0 Å². The molecule has 4 N–H and O–H groups in total. The van der Waals surface area contributed by atoms with Crippen LogP contribution in [0.3, 0.4) is 0 Å². The molecule has 5 heteroatoms. The number of carbonyl (C=O) groups excluding carboxylic acids is 1. The maximum absolute atomic E-state index is 13.3. The second-order valence-corrected chi connectivity index (χ2v) is 10.3. The van der Waals surface area contributed by atoms with E-state index in [1.54, 1.807) is 0 Å². The van der Waals surface area contributed by atoms with Crippen LogP contribution < -0.4 is 11.1 Å². The molecule has 1 aliphatic carbocycles. The van der Waals surface area contributed by atoms with E-state index < -0.39 is 11.2 Å². The highest BCUT2D eigenvalue weighted by atomic mass is 16.5. The summed E-state index contributed by atoms with van der Waals surface area (Å²) in [4.78, 5) is 13.3. The molecule has 1 amide bonds. The Kier molecular flexibility index (Phi) is 6.71. The number of carbonyl (C=O) groups is 1. The average Bonchev–Trinajstić information content (AvgIpc) is 2.67. The molecule has 2 fully saturated rings. The fourth-order valence-electron chi connectivity index (χ4n) is 5.42. The normalized spacial score (nSPS) is 31.7. The predicted octanol–water partition coefficient (Wildman–Crippen LogP) is 4.27. The number of nitrogens with zero attached hydrogens (tertiary/aromatic N) is 1. The van der Waals surface area contributed by atoms with Gasteiger partial charge in [-0.3, -0.25) is 4.79 Å². The number of piperidine rings is 1. The molecule has 0 radical (unpaired) electrons. The van der Waals surface area contributed by atoms with Gasteiger partial charge in [-0.1, -0.05) is 50.1 Å². The minimum Gasteiger partial charge on any atom is -0.349 e. The van der Waals surface area contributed by atoms with Crippen molar-refractivity contribution in [3.05, 3.63) is 35.9 Å². The Balaban J connectivity index is 1.84. The van der Waals surface area contributed by atoms with E-state index in [0.29, 0.717) is 24.3 Å². The van der Waals surface area contributed by atoms with E-state index in [2.05, 4.69) is 36.5 Å². The molecule has 1 saturated heterocycles. The highest BCUT2D eigenvalue weighted by Gasteiger charge is 2.56. The van der Waals surface area contributed by atoms with Crippen LogP contribution in [0, 0.1) is 17.8 Å². The smallest absolute Gasteiger partial charge is 0.258 e. The maximum atomic E-state index is 13.3. The van der Waals surface area contributed by atoms with Crippen molar-refractivity contribution in [2.45, 2.75) is 83.3 Å². The summed E-state index contributed by atoms with van der Waals surface area (Å²) in [5, 5.41) is 15.1. The number of nitrogens with one attached hydrogen (secondary N) is 1. The largest absolute Gasteiger partial charge is 0.349 e. The molecule has 1 saturated carbocycles. The summed E-state index contributed by atoms with van der Waals surface area (Å²) in [7, 11) is 0. The van der Waals surface area contributed by atoms with E-state index >= 15 is 0 Å². The average molecular weight is 402 g/mol. The first-order valence-electron chi connectivity index (χ1n) is 11.3. The molecule has 162 valence electrons. The van der Waals surface area contributed by atoms with Crippen molar-refractivity contribution in [1.29, 1.82) is 0 Å². The van der Waals surface area contributed by atoms with Crippen molar-refractivity contribution in [1.82, 2.24) is 10.4 Å². The number of benzene rings is 1. The van der Waals surface area contributed by atoms with E-state index in [-0.39, 0.29) is 11.8 Å². The lowest BCUT2D eigenvalue weighted by atomic mass is 9.63. The monoisotopic (exact) mass is 401 g/mol. The van der Waals surface area contributed by atoms with E-state index in [9.17, 15) is 10.0 Å². The van der Waals surface area contributed by atoms with Gasteiger partial charge in [0.15, 0.2) is 5.66 Å². The quantitative estimate of drug-likeness (QED) is 0.688. The summed E-state index contributed by atoms with van der Waals surface area (Å²) in [5.74, 6) is 0.895. The lowest BCUT2D eigenvalue weighted by Crippen LogP contribution is -2.74. The Hall–Kier alpha value is -1.43. The topological polar surface area (TPSA) is 78.6 Å². The third-order valence-corrected chi connectivity index (χ3v) is 7.02. The van der Waals surface area contributed by atoms with Crippen molar-refractivity contribution < 1.29 is 10.0 Å². The van der Waals surface area contributed by atoms with E-state index in [1.807, 2.05) is 26.8 Å². The number of nitrogens with two attached hydrogens (primary N) is 1. The van der Waals surface area contributed by atoms with Gasteiger partial charge >= 0.3 is 0 Å². The lowest BCUT2D eigenvalue weighted by molar-refractivity contribution is -0.238. The zero-order chi connectivity index (χ0) is 21.2. The third-order valence-electron chi connectivity index (χ3n) is 7.02. The van der Waals surface area contributed by atoms with Gasteiger partial charge in [0, 0.05) is 18.0 Å². The Morgan fingerprint density at radius 2 is 1.93 bits per heavy atom. The molecule has 0 spiro atoms. The molecule has 5 nitrogen and oxygen atoms in total. The van der Waals surface area contributed by atoms with Crippen molar-refractivity contribution in [2.75, 3.05) is 6.54 Å². The summed E-state index contributed by atoms with van der Waals surface area (Å²) in [6.07, 6.45) is 6.39. The van der Waals surface area contributed by atoms with Gasteiger partial charge in [-0.25, -0.2) is 0 Å². The van der Waals surface area contributed by atoms with E-state index in [0.717, 1.165) is 25.7 Å². The maximum Gasteiger partial charge on any atom is 0.258 e. The van der Waals surface area contributed by atoms with Crippen LogP contribution in [0.15, 0.2) is 30.3 Å². The van der Waals surface area contributed by atoms with E-state index in [4.69, 9.17) is 5.73 Å². The molecule has 3 rings (SSSR count). The first kappa shape index (κ1) is 22.3. The predicted molar refractivity (Wildman–Crippen MR) is 116 cm³/mol. The van der Waals surface area contributed by atoms with Crippen LogP contribution in [-0.4, -0.2) is 33.9 Å². The van der Waals surface area contributed by atoms with Crippen molar-refractivity contribution in [2.24, 2.45) is 23.5 Å². The SMILES string of the molecule is CC(CCC1[C@H]2CCCC[C@@H]2CN(O)[C@]1(N)C(=O)NC(C)(C)C)c1ccccc1. The molecule has 5 atom stereocenters. The molecule has 0 aromatic heterocycles. The first-order chi connectivity index (χ1) is 13.6. The first-order valence-corrected chi connectivity index (χ1v) is 11.3. The Bertz CT molecular complexity index is 687. The molecule has 1 aromatic carbocycles. The fraction of sp³-hybridized carbons (Fsp3) is 0.708. The minimum atomic E-state index is -1.37. The summed E-state index contributed by atoms with van der Waals surface area (Å²) in [6, 6.07) is 10.5. The van der Waals surface area contributed by atoms with Gasteiger partial charge in [-0.05, 0) is 69.8 Å². The molecular formula is C24H39N3O2. The molecular weight excluding hydrogens is 362 g/mol. The number of hydrogen-bond acceptors (Lipinski definition) is 4. The molecule has 0 bridgehead atoms. The van der Waals surface area contributed by atoms with Gasteiger partial charge < -0.3 is 16.3 Å². The second-order valence-electron chi connectivity index (χ2n) is 10.3. The van der Waals surface area contributed by atoms with Crippen molar-refractivity contribution in [3.63, 3.8) is 0 Å². The van der Waals surface area contributed by atoms with Crippen LogP contribution in [0.25, 0.3) is 0 Å². The zero-order valence-corrected chi connectivity index (χ0v) is 18.5. The number of fused-ring (bicyclic) bond motifs is 1. The molecule has 1 aromatic rings. The van der Waals surface area contributed by atoms with Crippen LogP contribution in [0.2, 0.25) is 0 Å². The Morgan fingerprint density at radius 3 is 2.59 bits per heavy atom. The van der Waals surface area contributed by atoms with Gasteiger partial charge in [-0.15, -0.1) is 0 Å². The molecule has 2 unspecified atom stereocenters. The molecule has 1 heterocycles. The highest BCUT2D eigenvalue weighted by molar-refractivity contribution is 5.86. The summed E-state index contributed by atoms with van der Waals surface area (Å²) < 4.78 is 0. The molecule has 1 aliphatic heterocycles.